The smallest absolute Gasteiger partial charge is 0.120 e. The first-order valence-corrected chi connectivity index (χ1v) is 5.20. The van der Waals surface area contributed by atoms with Gasteiger partial charge in [0.15, 0.2) is 0 Å². The van der Waals surface area contributed by atoms with E-state index < -0.39 is 37.9 Å². The number of aromatic nitrogens is 1. The van der Waals surface area contributed by atoms with Crippen LogP contribution in [0.3, 0.4) is 0 Å². The molecule has 2 heterocycles. The summed E-state index contributed by atoms with van der Waals surface area (Å²) in [4.78, 5) is 3.65. The molecule has 1 aliphatic rings. The van der Waals surface area contributed by atoms with E-state index in [1.165, 1.54) is 14.2 Å². The van der Waals surface area contributed by atoms with E-state index in [4.69, 9.17) is 17.1 Å². The number of hydrogen-bond acceptors (Lipinski definition) is 2. The number of nitrogens with zero attached hydrogens (tertiary/aromatic N) is 1. The molecule has 17 heavy (non-hydrogen) atoms. The highest BCUT2D eigenvalue weighted by atomic mass is 16.5. The third kappa shape index (κ3) is 1.80. The van der Waals surface area contributed by atoms with Crippen LogP contribution in [0.1, 0.15) is 23.6 Å². The Labute approximate surface area is 114 Å². The molecule has 0 saturated carbocycles. The first-order chi connectivity index (χ1) is 11.8. The van der Waals surface area contributed by atoms with Crippen molar-refractivity contribution in [1.29, 1.82) is 0 Å². The van der Waals surface area contributed by atoms with E-state index in [1.807, 2.05) is 0 Å². The van der Waals surface area contributed by atoms with E-state index in [-0.39, 0.29) is 34.0 Å². The number of rotatable bonds is 1. The zero-order valence-corrected chi connectivity index (χ0v) is 9.56. The van der Waals surface area contributed by atoms with Gasteiger partial charge < -0.3 is 14.6 Å². The maximum Gasteiger partial charge on any atom is 0.120 e. The zero-order valence-electron chi connectivity index (χ0n) is 18.6. The molecule has 0 spiro atoms. The molecule has 0 unspecified atom stereocenters. The fourth-order valence-corrected chi connectivity index (χ4v) is 1.73. The van der Waals surface area contributed by atoms with Gasteiger partial charge in [-0.3, -0.25) is 0 Å². The van der Waals surface area contributed by atoms with Crippen LogP contribution in [0, 0.1) is 0 Å². The molecule has 0 bridgehead atoms. The molecular formula is C14H18N2O. The Hall–Kier alpha value is -1.48. The van der Waals surface area contributed by atoms with Crippen molar-refractivity contribution < 1.29 is 17.1 Å². The molecule has 0 atom stereocenters. The van der Waals surface area contributed by atoms with Crippen LogP contribution in [0.5, 0.6) is 5.75 Å². The van der Waals surface area contributed by atoms with Gasteiger partial charge in [0.25, 0.3) is 0 Å². The molecule has 3 nitrogen and oxygen atoms in total. The van der Waals surface area contributed by atoms with Crippen LogP contribution in [0.25, 0.3) is 10.9 Å². The quantitative estimate of drug-likeness (QED) is 0.826. The minimum absolute atomic E-state index is 0.0408. The Balaban J connectivity index is 2.56. The van der Waals surface area contributed by atoms with Gasteiger partial charge in [-0.2, -0.15) is 0 Å². The van der Waals surface area contributed by atoms with Gasteiger partial charge in [-0.15, -0.1) is 0 Å². The van der Waals surface area contributed by atoms with Crippen molar-refractivity contribution >= 4 is 10.9 Å². The van der Waals surface area contributed by atoms with Crippen LogP contribution in [-0.2, 0) is 12.7 Å². The predicted molar refractivity (Wildman–Crippen MR) is 69.8 cm³/mol. The maximum atomic E-state index is 8.42. The summed E-state index contributed by atoms with van der Waals surface area (Å²) in [6, 6.07) is -1.16. The Morgan fingerprint density at radius 1 is 1.47 bits per heavy atom. The van der Waals surface area contributed by atoms with Crippen LogP contribution in [0.2, 0.25) is 0 Å². The molecule has 1 aliphatic heterocycles. The molecule has 1 aromatic heterocycles. The molecule has 0 fully saturated rings. The van der Waals surface area contributed by atoms with Crippen molar-refractivity contribution in [2.24, 2.45) is 0 Å². The molecule has 1 N–H and O–H groups in total. The van der Waals surface area contributed by atoms with E-state index >= 15 is 0 Å². The van der Waals surface area contributed by atoms with E-state index in [9.17, 15) is 0 Å². The van der Waals surface area contributed by atoms with Gasteiger partial charge in [0.2, 0.25) is 0 Å². The molecule has 3 rings (SSSR count). The van der Waals surface area contributed by atoms with Crippen LogP contribution in [-0.4, -0.2) is 37.1 Å². The Kier molecular flexibility index (Phi) is 1.12. The molecule has 0 saturated heterocycles. The van der Waals surface area contributed by atoms with Gasteiger partial charge in [0, 0.05) is 50.3 Å². The minimum Gasteiger partial charge on any atom is -0.497 e. The number of hydrogen-bond donors (Lipinski definition) is 1. The van der Waals surface area contributed by atoms with Crippen molar-refractivity contribution in [2.45, 2.75) is 12.7 Å². The fourth-order valence-electron chi connectivity index (χ4n) is 1.73. The number of methoxy groups -OCH3 is 1. The van der Waals surface area contributed by atoms with Gasteiger partial charge in [-0.05, 0) is 31.1 Å². The summed E-state index contributed by atoms with van der Waals surface area (Å²) in [6.45, 7) is -3.00. The summed E-state index contributed by atoms with van der Waals surface area (Å²) in [5, 5.41) is -0.163. The van der Waals surface area contributed by atoms with Gasteiger partial charge in [0.1, 0.15) is 5.75 Å². The Morgan fingerprint density at radius 3 is 3.18 bits per heavy atom. The number of likely N-dealkylation sites (N-methyl/N-ethyl adjacent to an activating group) is 1. The number of nitrogens with one attached hydrogen (secondary N) is 1. The third-order valence-electron chi connectivity index (χ3n) is 2.61. The average Bonchev–Trinajstić information content (AvgIpc) is 2.93. The first-order valence-electron chi connectivity index (χ1n) is 9.70. The monoisotopic (exact) mass is 239 g/mol. The van der Waals surface area contributed by atoms with Crippen LogP contribution in [0.4, 0.5) is 0 Å². The first kappa shape index (κ1) is 4.65. The second-order valence-electron chi connectivity index (χ2n) is 3.80. The average molecular weight is 239 g/mol. The fraction of sp³-hybridized carbons (Fsp3) is 0.429. The van der Waals surface area contributed by atoms with Crippen molar-refractivity contribution in [2.75, 3.05) is 27.2 Å². The van der Waals surface area contributed by atoms with E-state index in [1.54, 1.807) is 0 Å². The maximum absolute atomic E-state index is 8.42. The van der Waals surface area contributed by atoms with Crippen molar-refractivity contribution in [3.8, 4) is 5.75 Å². The summed E-state index contributed by atoms with van der Waals surface area (Å²) in [7, 11) is 2.54. The van der Waals surface area contributed by atoms with Crippen molar-refractivity contribution in [1.82, 2.24) is 9.88 Å². The second-order valence-corrected chi connectivity index (χ2v) is 3.80. The van der Waals surface area contributed by atoms with Crippen molar-refractivity contribution in [3.05, 3.63) is 29.4 Å². The minimum atomic E-state index is -2.69. The lowest BCUT2D eigenvalue weighted by Crippen LogP contribution is -2.21. The SMILES string of the molecule is [2H]c1c(OC)c([2H])c2[nH]c3c(c2c1[2H])C([2H])([2H])C([2H])([2H])N(C)CC3([2H])[2H]. The Morgan fingerprint density at radius 2 is 2.35 bits per heavy atom. The summed E-state index contributed by atoms with van der Waals surface area (Å²) in [6.07, 6.45) is -4.85. The number of ether oxygens (including phenoxy) is 1. The van der Waals surface area contributed by atoms with E-state index in [0.29, 0.717) is 0 Å². The summed E-state index contributed by atoms with van der Waals surface area (Å²) in [5.41, 5.74) is -0.622. The van der Waals surface area contributed by atoms with E-state index in [2.05, 4.69) is 4.98 Å². The lowest BCUT2D eigenvalue weighted by Gasteiger charge is -2.11. The summed E-state index contributed by atoms with van der Waals surface area (Å²) < 4.78 is 79.4. The zero-order chi connectivity index (χ0) is 19.8. The Bertz CT molecular complexity index is 906. The standard InChI is InChI=1S/C14H18N2O/c1-16-7-5-12-11-4-3-10(17-2)9-14(11)15-13(12)6-8-16/h3-4,9,15H,5-8H2,1-2H3/i3D,4D,5D2,6D2,7D2,9D. The molecule has 2 aromatic rings. The summed E-state index contributed by atoms with van der Waals surface area (Å²) >= 11 is 0. The largest absolute Gasteiger partial charge is 0.497 e. The lowest BCUT2D eigenvalue weighted by molar-refractivity contribution is 0.352. The molecule has 0 aliphatic carbocycles. The predicted octanol–water partition coefficient (Wildman–Crippen LogP) is 2.21. The normalized spacial score (nSPS) is 33.4. The highest BCUT2D eigenvalue weighted by Gasteiger charge is 2.16. The molecular weight excluding hydrogens is 212 g/mol. The molecule has 0 radical (unpaired) electrons. The number of fused-ring (bicyclic) bond motifs is 3. The van der Waals surface area contributed by atoms with Gasteiger partial charge in [-0.25, -0.2) is 0 Å². The topological polar surface area (TPSA) is 28.3 Å². The highest BCUT2D eigenvalue weighted by Crippen LogP contribution is 2.28. The van der Waals surface area contributed by atoms with Crippen molar-refractivity contribution in [3.63, 3.8) is 0 Å². The number of aryl methyl sites for hydroxylation is 1. The van der Waals surface area contributed by atoms with Crippen LogP contribution in [0.15, 0.2) is 18.1 Å². The number of H-pyrrole nitrogens is 1. The molecule has 3 heteroatoms. The third-order valence-corrected chi connectivity index (χ3v) is 2.61. The molecule has 1 aromatic carbocycles. The molecule has 0 amide bonds. The van der Waals surface area contributed by atoms with Gasteiger partial charge >= 0.3 is 0 Å². The molecule has 90 valence electrons. The lowest BCUT2D eigenvalue weighted by atomic mass is 10.1. The van der Waals surface area contributed by atoms with Crippen LogP contribution >= 0.6 is 0 Å². The van der Waals surface area contributed by atoms with Crippen LogP contribution < -0.4 is 4.74 Å². The van der Waals surface area contributed by atoms with Gasteiger partial charge in [-0.1, -0.05) is 0 Å². The van der Waals surface area contributed by atoms with E-state index in [0.717, 1.165) is 4.90 Å². The van der Waals surface area contributed by atoms with Gasteiger partial charge in [0.05, 0.1) is 11.2 Å². The highest BCUT2D eigenvalue weighted by molar-refractivity contribution is 5.86. The second kappa shape index (κ2) is 4.08. The summed E-state index contributed by atoms with van der Waals surface area (Å²) in [5.74, 6) is -0.180. The number of aromatic amines is 1. The number of benzene rings is 1.